The van der Waals surface area contributed by atoms with Crippen molar-refractivity contribution in [2.75, 3.05) is 23.4 Å². The second-order valence-corrected chi connectivity index (χ2v) is 5.65. The molecule has 0 spiro atoms. The number of benzene rings is 1. The number of aromatic nitrogens is 1. The van der Waals surface area contributed by atoms with E-state index in [4.69, 9.17) is 16.3 Å². The molecule has 1 N–H and O–H groups in total. The minimum Gasteiger partial charge on any atom is -0.447 e. The molecule has 2 aromatic rings. The average molecular weight is 336 g/mol. The number of nitrogens with one attached hydrogen (secondary N) is 1. The second-order valence-electron chi connectivity index (χ2n) is 5.21. The molecule has 1 atom stereocenters. The van der Waals surface area contributed by atoms with Crippen LogP contribution in [0.5, 0.6) is 0 Å². The molecule has 1 saturated heterocycles. The topological polar surface area (TPSA) is 54.5 Å². The van der Waals surface area contributed by atoms with E-state index in [1.807, 2.05) is 31.2 Å². The number of hydrogen-bond donors (Lipinski definition) is 1. The normalized spacial score (nSPS) is 15.4. The predicted octanol–water partition coefficient (Wildman–Crippen LogP) is 4.00. The molecule has 1 unspecified atom stereocenters. The summed E-state index contributed by atoms with van der Waals surface area (Å²) in [6.45, 7) is 2.80. The molecule has 1 amide bonds. The van der Waals surface area contributed by atoms with E-state index in [0.717, 1.165) is 11.3 Å². The minimum atomic E-state index is -0.511. The Morgan fingerprint density at radius 3 is 2.96 bits per heavy atom. The fraction of sp³-hybridized carbons (Fsp3) is 0.250. The van der Waals surface area contributed by atoms with Crippen molar-refractivity contribution in [1.29, 1.82) is 0 Å². The Morgan fingerprint density at radius 2 is 2.26 bits per heavy atom. The summed E-state index contributed by atoms with van der Waals surface area (Å²) in [5.74, 6) is -0.378. The molecule has 3 rings (SSSR count). The van der Waals surface area contributed by atoms with Crippen molar-refractivity contribution in [1.82, 2.24) is 4.98 Å². The molecule has 1 aromatic heterocycles. The Bertz CT molecular complexity index is 741. The number of rotatable bonds is 4. The van der Waals surface area contributed by atoms with Crippen LogP contribution in [-0.4, -0.2) is 24.2 Å². The summed E-state index contributed by atoms with van der Waals surface area (Å²) in [4.78, 5) is 17.2. The molecule has 7 heteroatoms. The van der Waals surface area contributed by atoms with Gasteiger partial charge in [-0.15, -0.1) is 0 Å². The van der Waals surface area contributed by atoms with E-state index < -0.39 is 5.82 Å². The van der Waals surface area contributed by atoms with Crippen molar-refractivity contribution in [2.45, 2.75) is 13.0 Å². The lowest BCUT2D eigenvalue weighted by molar-refractivity contribution is 0.181. The zero-order valence-electron chi connectivity index (χ0n) is 12.4. The highest BCUT2D eigenvalue weighted by Crippen LogP contribution is 2.26. The molecule has 23 heavy (non-hydrogen) atoms. The number of hydrogen-bond acceptors (Lipinski definition) is 4. The fourth-order valence-electron chi connectivity index (χ4n) is 2.40. The van der Waals surface area contributed by atoms with Crippen molar-refractivity contribution < 1.29 is 13.9 Å². The SMILES string of the molecule is CC(Nc1ncc(Cl)cc1F)c1cccc(N2CCOC2=O)c1. The molecule has 5 nitrogen and oxygen atoms in total. The van der Waals surface area contributed by atoms with E-state index in [-0.39, 0.29) is 23.0 Å². The van der Waals surface area contributed by atoms with Crippen LogP contribution in [0.25, 0.3) is 0 Å². The predicted molar refractivity (Wildman–Crippen MR) is 86.4 cm³/mol. The van der Waals surface area contributed by atoms with E-state index in [2.05, 4.69) is 10.3 Å². The molecule has 0 bridgehead atoms. The van der Waals surface area contributed by atoms with Crippen molar-refractivity contribution >= 4 is 29.2 Å². The summed E-state index contributed by atoms with van der Waals surface area (Å²) in [6.07, 6.45) is 1.03. The summed E-state index contributed by atoms with van der Waals surface area (Å²) in [6, 6.07) is 8.47. The van der Waals surface area contributed by atoms with Crippen molar-refractivity contribution in [2.24, 2.45) is 0 Å². The number of anilines is 2. The van der Waals surface area contributed by atoms with Crippen molar-refractivity contribution in [3.05, 3.63) is 52.9 Å². The molecule has 1 aliphatic rings. The van der Waals surface area contributed by atoms with Crippen molar-refractivity contribution in [3.63, 3.8) is 0 Å². The van der Waals surface area contributed by atoms with Gasteiger partial charge in [-0.3, -0.25) is 4.90 Å². The van der Waals surface area contributed by atoms with E-state index >= 15 is 0 Å². The molecule has 0 saturated carbocycles. The summed E-state index contributed by atoms with van der Waals surface area (Å²) < 4.78 is 18.8. The zero-order chi connectivity index (χ0) is 16.4. The monoisotopic (exact) mass is 335 g/mol. The minimum absolute atomic E-state index is 0.132. The molecule has 1 aliphatic heterocycles. The van der Waals surface area contributed by atoms with Gasteiger partial charge in [-0.2, -0.15) is 0 Å². The molecule has 120 valence electrons. The first kappa shape index (κ1) is 15.6. The molecule has 2 heterocycles. The number of carbonyl (C=O) groups excluding carboxylic acids is 1. The lowest BCUT2D eigenvalue weighted by atomic mass is 10.1. The van der Waals surface area contributed by atoms with Gasteiger partial charge < -0.3 is 10.1 Å². The highest BCUT2D eigenvalue weighted by atomic mass is 35.5. The Kier molecular flexibility index (Phi) is 4.34. The van der Waals surface area contributed by atoms with E-state index in [0.29, 0.717) is 13.2 Å². The zero-order valence-corrected chi connectivity index (χ0v) is 13.2. The van der Waals surface area contributed by atoms with Crippen LogP contribution in [0, 0.1) is 5.82 Å². The Labute approximate surface area is 138 Å². The number of carbonyl (C=O) groups is 1. The number of ether oxygens (including phenoxy) is 1. The van der Waals surface area contributed by atoms with Gasteiger partial charge in [0.25, 0.3) is 0 Å². The number of nitrogens with zero attached hydrogens (tertiary/aromatic N) is 2. The summed E-state index contributed by atoms with van der Waals surface area (Å²) >= 11 is 5.70. The van der Waals surface area contributed by atoms with Crippen LogP contribution in [0.1, 0.15) is 18.5 Å². The van der Waals surface area contributed by atoms with Gasteiger partial charge in [0.2, 0.25) is 0 Å². The van der Waals surface area contributed by atoms with Gasteiger partial charge in [0.1, 0.15) is 6.61 Å². The highest BCUT2D eigenvalue weighted by Gasteiger charge is 2.24. The first-order valence-electron chi connectivity index (χ1n) is 7.16. The first-order valence-corrected chi connectivity index (χ1v) is 7.54. The number of pyridine rings is 1. The molecule has 1 fully saturated rings. The van der Waals surface area contributed by atoms with Gasteiger partial charge in [-0.25, -0.2) is 14.2 Å². The standard InChI is InChI=1S/C16H15ClFN3O2/c1-10(20-15-14(18)8-12(17)9-19-15)11-3-2-4-13(7-11)21-5-6-23-16(21)22/h2-4,7-10H,5-6H2,1H3,(H,19,20). The van der Waals surface area contributed by atoms with Gasteiger partial charge in [0.05, 0.1) is 17.6 Å². The smallest absolute Gasteiger partial charge is 0.414 e. The molecular weight excluding hydrogens is 321 g/mol. The first-order chi connectivity index (χ1) is 11.0. The van der Waals surface area contributed by atoms with Crippen LogP contribution < -0.4 is 10.2 Å². The van der Waals surface area contributed by atoms with E-state index in [1.165, 1.54) is 12.3 Å². The Balaban J connectivity index is 1.79. The highest BCUT2D eigenvalue weighted by molar-refractivity contribution is 6.30. The summed E-state index contributed by atoms with van der Waals surface area (Å²) in [7, 11) is 0. The number of halogens is 2. The van der Waals surface area contributed by atoms with Crippen LogP contribution in [0.3, 0.4) is 0 Å². The summed E-state index contributed by atoms with van der Waals surface area (Å²) in [5, 5.41) is 3.25. The summed E-state index contributed by atoms with van der Waals surface area (Å²) in [5.41, 5.74) is 1.65. The van der Waals surface area contributed by atoms with Crippen LogP contribution in [0.15, 0.2) is 36.5 Å². The van der Waals surface area contributed by atoms with Gasteiger partial charge in [0, 0.05) is 11.9 Å². The Hall–Kier alpha value is -2.34. The largest absolute Gasteiger partial charge is 0.447 e. The second kappa shape index (κ2) is 6.42. The fourth-order valence-corrected chi connectivity index (χ4v) is 2.54. The van der Waals surface area contributed by atoms with Gasteiger partial charge in [0.15, 0.2) is 11.6 Å². The average Bonchev–Trinajstić information content (AvgIpc) is 2.96. The maximum atomic E-state index is 13.8. The lowest BCUT2D eigenvalue weighted by Gasteiger charge is -2.18. The maximum absolute atomic E-state index is 13.8. The third-order valence-electron chi connectivity index (χ3n) is 3.60. The third-order valence-corrected chi connectivity index (χ3v) is 3.81. The number of amides is 1. The maximum Gasteiger partial charge on any atom is 0.414 e. The van der Waals surface area contributed by atoms with Gasteiger partial charge >= 0.3 is 6.09 Å². The van der Waals surface area contributed by atoms with Gasteiger partial charge in [-0.05, 0) is 30.7 Å². The third kappa shape index (κ3) is 3.37. The number of cyclic esters (lactones) is 1. The van der Waals surface area contributed by atoms with Crippen LogP contribution in [-0.2, 0) is 4.74 Å². The van der Waals surface area contributed by atoms with Gasteiger partial charge in [-0.1, -0.05) is 23.7 Å². The lowest BCUT2D eigenvalue weighted by Crippen LogP contribution is -2.23. The van der Waals surface area contributed by atoms with Crippen molar-refractivity contribution in [3.8, 4) is 0 Å². The van der Waals surface area contributed by atoms with Crippen LogP contribution in [0.4, 0.5) is 20.7 Å². The van der Waals surface area contributed by atoms with Crippen LogP contribution in [0.2, 0.25) is 5.02 Å². The molecule has 0 aliphatic carbocycles. The molecule has 1 aromatic carbocycles. The van der Waals surface area contributed by atoms with E-state index in [9.17, 15) is 9.18 Å². The quantitative estimate of drug-likeness (QED) is 0.917. The van der Waals surface area contributed by atoms with Crippen LogP contribution >= 0.6 is 11.6 Å². The van der Waals surface area contributed by atoms with E-state index in [1.54, 1.807) is 4.90 Å². The Morgan fingerprint density at radius 1 is 1.43 bits per heavy atom. The molecular formula is C16H15ClFN3O2. The molecule has 0 radical (unpaired) electrons.